The summed E-state index contributed by atoms with van der Waals surface area (Å²) in [5, 5.41) is -0.0508. The lowest BCUT2D eigenvalue weighted by atomic mass is 9.94. The first-order valence-corrected chi connectivity index (χ1v) is 9.47. The number of halogens is 1. The van der Waals surface area contributed by atoms with Crippen LogP contribution in [0.4, 0.5) is 0 Å². The van der Waals surface area contributed by atoms with Crippen LogP contribution in [-0.2, 0) is 12.8 Å². The van der Waals surface area contributed by atoms with E-state index in [1.807, 2.05) is 13.1 Å². The molecule has 1 aromatic heterocycles. The van der Waals surface area contributed by atoms with Crippen molar-refractivity contribution in [3.05, 3.63) is 47.2 Å². The maximum atomic E-state index is 6.54. The topological polar surface area (TPSA) is 22.1 Å². The number of aryl methyl sites for hydroxylation is 2. The molecule has 0 saturated carbocycles. The summed E-state index contributed by atoms with van der Waals surface area (Å²) in [6.45, 7) is 9.15. The molecule has 0 saturated heterocycles. The molecule has 3 heteroatoms. The van der Waals surface area contributed by atoms with Gasteiger partial charge in [-0.3, -0.25) is 4.98 Å². The van der Waals surface area contributed by atoms with Crippen molar-refractivity contribution in [3.8, 4) is 17.0 Å². The number of rotatable bonds is 8. The monoisotopic (exact) mass is 345 g/mol. The number of hydrogen-bond donors (Lipinski definition) is 0. The summed E-state index contributed by atoms with van der Waals surface area (Å²) in [5.74, 6) is 0.865. The second-order valence-electron chi connectivity index (χ2n) is 5.95. The van der Waals surface area contributed by atoms with Crippen LogP contribution in [0.3, 0.4) is 0 Å². The molecule has 0 spiro atoms. The first-order valence-electron chi connectivity index (χ1n) is 9.04. The summed E-state index contributed by atoms with van der Waals surface area (Å²) in [4.78, 5) is 4.75. The van der Waals surface area contributed by atoms with Crippen molar-refractivity contribution in [2.45, 2.75) is 58.8 Å². The van der Waals surface area contributed by atoms with E-state index in [1.54, 1.807) is 0 Å². The van der Waals surface area contributed by atoms with Crippen LogP contribution in [0, 0.1) is 0 Å². The van der Waals surface area contributed by atoms with Crippen molar-refractivity contribution >= 4 is 11.6 Å². The third kappa shape index (κ3) is 4.10. The van der Waals surface area contributed by atoms with E-state index in [2.05, 4.69) is 45.0 Å². The molecule has 1 heterocycles. The van der Waals surface area contributed by atoms with E-state index in [0.717, 1.165) is 42.7 Å². The van der Waals surface area contributed by atoms with Gasteiger partial charge in [-0.1, -0.05) is 45.4 Å². The Morgan fingerprint density at radius 1 is 1.08 bits per heavy atom. The lowest BCUT2D eigenvalue weighted by Gasteiger charge is -2.18. The van der Waals surface area contributed by atoms with E-state index in [-0.39, 0.29) is 5.38 Å². The number of hydrogen-bond acceptors (Lipinski definition) is 2. The summed E-state index contributed by atoms with van der Waals surface area (Å²) in [6.07, 6.45) is 5.85. The molecule has 2 rings (SSSR count). The quantitative estimate of drug-likeness (QED) is 0.520. The predicted molar refractivity (Wildman–Crippen MR) is 103 cm³/mol. The molecule has 0 aliphatic rings. The van der Waals surface area contributed by atoms with E-state index in [1.165, 1.54) is 16.7 Å². The van der Waals surface area contributed by atoms with Gasteiger partial charge in [0.1, 0.15) is 5.75 Å². The number of pyridine rings is 1. The Balaban J connectivity index is 2.55. The second-order valence-corrected chi connectivity index (χ2v) is 6.48. The minimum Gasteiger partial charge on any atom is -0.493 e. The zero-order valence-corrected chi connectivity index (χ0v) is 16.0. The van der Waals surface area contributed by atoms with Crippen LogP contribution in [0.1, 0.15) is 62.6 Å². The van der Waals surface area contributed by atoms with E-state index in [4.69, 9.17) is 21.3 Å². The highest BCUT2D eigenvalue weighted by Crippen LogP contribution is 2.36. The Kier molecular flexibility index (Phi) is 7.11. The van der Waals surface area contributed by atoms with E-state index in [9.17, 15) is 0 Å². The van der Waals surface area contributed by atoms with Crippen LogP contribution < -0.4 is 4.74 Å². The standard InChI is InChI=1S/C21H28ClNO/c1-5-10-18(22)17-14-23-19(13-20(17)24-8-4)21-15(6-2)11-9-12-16(21)7-3/h9,11-14,18H,5-8,10H2,1-4H3. The van der Waals surface area contributed by atoms with Gasteiger partial charge in [0.25, 0.3) is 0 Å². The molecule has 0 radical (unpaired) electrons. The fourth-order valence-corrected chi connectivity index (χ4v) is 3.46. The Bertz CT molecular complexity index is 647. The zero-order chi connectivity index (χ0) is 17.5. The Morgan fingerprint density at radius 3 is 2.29 bits per heavy atom. The molecule has 0 N–H and O–H groups in total. The molecule has 24 heavy (non-hydrogen) atoms. The Hall–Kier alpha value is -1.54. The third-order valence-electron chi connectivity index (χ3n) is 4.33. The maximum absolute atomic E-state index is 6.54. The predicted octanol–water partition coefficient (Wildman–Crippen LogP) is 6.35. The Morgan fingerprint density at radius 2 is 1.75 bits per heavy atom. The molecule has 0 fully saturated rings. The molecular formula is C21H28ClNO. The minimum atomic E-state index is -0.0508. The van der Waals surface area contributed by atoms with Gasteiger partial charge >= 0.3 is 0 Å². The van der Waals surface area contributed by atoms with Crippen LogP contribution in [0.25, 0.3) is 11.3 Å². The van der Waals surface area contributed by atoms with Crippen LogP contribution in [0.5, 0.6) is 5.75 Å². The van der Waals surface area contributed by atoms with Crippen molar-refractivity contribution in [2.24, 2.45) is 0 Å². The Labute approximate surface area is 151 Å². The molecule has 0 aliphatic heterocycles. The number of aromatic nitrogens is 1. The normalized spacial score (nSPS) is 12.2. The highest BCUT2D eigenvalue weighted by Gasteiger charge is 2.17. The average molecular weight is 346 g/mol. The van der Waals surface area contributed by atoms with Crippen molar-refractivity contribution in [3.63, 3.8) is 0 Å². The maximum Gasteiger partial charge on any atom is 0.127 e. The van der Waals surface area contributed by atoms with Gasteiger partial charge in [-0.25, -0.2) is 0 Å². The molecule has 2 aromatic rings. The molecule has 0 aliphatic carbocycles. The molecule has 1 atom stereocenters. The molecule has 0 amide bonds. The second kappa shape index (κ2) is 9.08. The highest BCUT2D eigenvalue weighted by atomic mass is 35.5. The van der Waals surface area contributed by atoms with Crippen LogP contribution in [0.15, 0.2) is 30.5 Å². The van der Waals surface area contributed by atoms with Gasteiger partial charge in [0.05, 0.1) is 17.7 Å². The molecule has 1 unspecified atom stereocenters. The van der Waals surface area contributed by atoms with Crippen LogP contribution in [0.2, 0.25) is 0 Å². The molecular weight excluding hydrogens is 318 g/mol. The molecule has 130 valence electrons. The third-order valence-corrected chi connectivity index (χ3v) is 4.78. The first kappa shape index (κ1) is 18.8. The zero-order valence-electron chi connectivity index (χ0n) is 15.2. The molecule has 2 nitrogen and oxygen atoms in total. The number of ether oxygens (including phenoxy) is 1. The van der Waals surface area contributed by atoms with Crippen molar-refractivity contribution < 1.29 is 4.74 Å². The van der Waals surface area contributed by atoms with Crippen molar-refractivity contribution in [2.75, 3.05) is 6.61 Å². The van der Waals surface area contributed by atoms with E-state index >= 15 is 0 Å². The van der Waals surface area contributed by atoms with Crippen molar-refractivity contribution in [1.29, 1.82) is 0 Å². The number of alkyl halides is 1. The molecule has 0 bridgehead atoms. The summed E-state index contributed by atoms with van der Waals surface area (Å²) in [7, 11) is 0. The largest absolute Gasteiger partial charge is 0.493 e. The SMILES string of the molecule is CCCC(Cl)c1cnc(-c2c(CC)cccc2CC)cc1OCC. The van der Waals surface area contributed by atoms with Gasteiger partial charge in [0.2, 0.25) is 0 Å². The van der Waals surface area contributed by atoms with Crippen molar-refractivity contribution in [1.82, 2.24) is 4.98 Å². The summed E-state index contributed by atoms with van der Waals surface area (Å²) in [5.41, 5.74) is 5.88. The molecule has 1 aromatic carbocycles. The number of benzene rings is 1. The first-order chi connectivity index (χ1) is 11.7. The lowest BCUT2D eigenvalue weighted by molar-refractivity contribution is 0.335. The average Bonchev–Trinajstić information content (AvgIpc) is 2.61. The van der Waals surface area contributed by atoms with Gasteiger partial charge in [0, 0.05) is 23.4 Å². The summed E-state index contributed by atoms with van der Waals surface area (Å²) < 4.78 is 5.89. The van der Waals surface area contributed by atoms with Crippen LogP contribution in [-0.4, -0.2) is 11.6 Å². The van der Waals surface area contributed by atoms with Gasteiger partial charge in [-0.05, 0) is 37.3 Å². The van der Waals surface area contributed by atoms with Gasteiger partial charge in [0.15, 0.2) is 0 Å². The van der Waals surface area contributed by atoms with E-state index < -0.39 is 0 Å². The van der Waals surface area contributed by atoms with Gasteiger partial charge in [-0.15, -0.1) is 11.6 Å². The summed E-state index contributed by atoms with van der Waals surface area (Å²) in [6, 6.07) is 8.57. The van der Waals surface area contributed by atoms with E-state index in [0.29, 0.717) is 6.61 Å². The fraction of sp³-hybridized carbons (Fsp3) is 0.476. The highest BCUT2D eigenvalue weighted by molar-refractivity contribution is 6.21. The summed E-state index contributed by atoms with van der Waals surface area (Å²) >= 11 is 6.54. The smallest absolute Gasteiger partial charge is 0.127 e. The fourth-order valence-electron chi connectivity index (χ4n) is 3.08. The van der Waals surface area contributed by atoms with Crippen LogP contribution >= 0.6 is 11.6 Å². The lowest BCUT2D eigenvalue weighted by Crippen LogP contribution is -2.03. The minimum absolute atomic E-state index is 0.0508. The van der Waals surface area contributed by atoms with Gasteiger partial charge in [-0.2, -0.15) is 0 Å². The van der Waals surface area contributed by atoms with Gasteiger partial charge < -0.3 is 4.74 Å². The number of nitrogens with zero attached hydrogens (tertiary/aromatic N) is 1.